The average Bonchev–Trinajstić information content (AvgIpc) is 3.29. The van der Waals surface area contributed by atoms with Crippen LogP contribution in [0.2, 0.25) is 0 Å². The number of hydrogen-bond donors (Lipinski definition) is 1. The van der Waals surface area contributed by atoms with E-state index in [1.165, 1.54) is 12.1 Å². The monoisotopic (exact) mass is 503 g/mol. The van der Waals surface area contributed by atoms with E-state index in [2.05, 4.69) is 15.5 Å². The van der Waals surface area contributed by atoms with Crippen LogP contribution in [-0.4, -0.2) is 49.6 Å². The number of sulfone groups is 1. The highest BCUT2D eigenvalue weighted by Crippen LogP contribution is 2.39. The molecule has 0 atom stereocenters. The summed E-state index contributed by atoms with van der Waals surface area (Å²) in [6, 6.07) is 9.16. The largest absolute Gasteiger partial charge is 0.490 e. The van der Waals surface area contributed by atoms with Crippen LogP contribution in [0.4, 0.5) is 6.01 Å². The molecule has 0 aliphatic carbocycles. The van der Waals surface area contributed by atoms with Gasteiger partial charge in [0.25, 0.3) is 5.91 Å². The molecule has 10 nitrogen and oxygen atoms in total. The van der Waals surface area contributed by atoms with E-state index in [4.69, 9.17) is 18.6 Å². The van der Waals surface area contributed by atoms with E-state index in [-0.39, 0.29) is 22.4 Å². The second-order valence-corrected chi connectivity index (χ2v) is 10.1. The van der Waals surface area contributed by atoms with Crippen LogP contribution in [0, 0.1) is 0 Å². The number of nitrogens with zero attached hydrogens (tertiary/aromatic N) is 2. The number of aromatic nitrogens is 2. The van der Waals surface area contributed by atoms with E-state index in [0.717, 1.165) is 0 Å². The Kier molecular flexibility index (Phi) is 8.34. The highest BCUT2D eigenvalue weighted by Gasteiger charge is 2.22. The number of carbonyl (C=O) groups is 1. The fourth-order valence-electron chi connectivity index (χ4n) is 3.16. The number of anilines is 1. The van der Waals surface area contributed by atoms with Crippen molar-refractivity contribution < 1.29 is 31.8 Å². The molecule has 0 saturated carbocycles. The molecule has 0 bridgehead atoms. The molecular formula is C24H29N3O7S. The fourth-order valence-corrected chi connectivity index (χ4v) is 4.26. The predicted octanol–water partition coefficient (Wildman–Crippen LogP) is 4.37. The number of ether oxygens (including phenoxy) is 3. The molecule has 0 radical (unpaired) electrons. The number of hydrogen-bond acceptors (Lipinski definition) is 9. The Labute approximate surface area is 204 Å². The molecular weight excluding hydrogens is 474 g/mol. The van der Waals surface area contributed by atoms with Crippen molar-refractivity contribution in [3.8, 4) is 28.7 Å². The predicted molar refractivity (Wildman–Crippen MR) is 130 cm³/mol. The van der Waals surface area contributed by atoms with Crippen LogP contribution >= 0.6 is 0 Å². The summed E-state index contributed by atoms with van der Waals surface area (Å²) < 4.78 is 47.5. The van der Waals surface area contributed by atoms with E-state index in [9.17, 15) is 13.2 Å². The summed E-state index contributed by atoms with van der Waals surface area (Å²) in [5, 5.41) is 9.78. The van der Waals surface area contributed by atoms with E-state index in [0.29, 0.717) is 42.6 Å². The third-order valence-electron chi connectivity index (χ3n) is 4.85. The summed E-state index contributed by atoms with van der Waals surface area (Å²) in [5.41, 5.74) is 0.656. The van der Waals surface area contributed by atoms with Gasteiger partial charge in [0.15, 0.2) is 21.3 Å². The highest BCUT2D eigenvalue weighted by atomic mass is 32.2. The fraction of sp³-hybridized carbons (Fsp3) is 0.375. The maximum atomic E-state index is 12.9. The molecule has 0 fully saturated rings. The van der Waals surface area contributed by atoms with Gasteiger partial charge < -0.3 is 18.6 Å². The standard InChI is InChI=1S/C24H29N3O7S/c1-6-31-19-13-17(14-20(32-7-2)21(19)33-8-3)22(28)25-24-27-26-23(34-24)16-10-9-11-18(12-16)35(29,30)15(4)5/h9-15H,6-8H2,1-5H3,(H,25,27,28). The molecule has 0 saturated heterocycles. The molecule has 0 spiro atoms. The van der Waals surface area contributed by atoms with E-state index in [1.54, 1.807) is 38.1 Å². The molecule has 35 heavy (non-hydrogen) atoms. The third kappa shape index (κ3) is 5.91. The van der Waals surface area contributed by atoms with Crippen LogP contribution < -0.4 is 19.5 Å². The van der Waals surface area contributed by atoms with Gasteiger partial charge in [0.2, 0.25) is 11.6 Å². The van der Waals surface area contributed by atoms with Crippen LogP contribution in [0.5, 0.6) is 17.2 Å². The first-order chi connectivity index (χ1) is 16.7. The van der Waals surface area contributed by atoms with Gasteiger partial charge in [-0.1, -0.05) is 11.2 Å². The lowest BCUT2D eigenvalue weighted by molar-refractivity contribution is 0.102. The lowest BCUT2D eigenvalue weighted by atomic mass is 10.1. The second-order valence-electron chi connectivity index (χ2n) is 7.59. The van der Waals surface area contributed by atoms with E-state index in [1.807, 2.05) is 20.8 Å². The molecule has 3 aromatic rings. The molecule has 1 aromatic heterocycles. The molecule has 3 rings (SSSR count). The lowest BCUT2D eigenvalue weighted by Gasteiger charge is -2.16. The molecule has 2 aromatic carbocycles. The summed E-state index contributed by atoms with van der Waals surface area (Å²) in [7, 11) is -3.47. The number of benzene rings is 2. The molecule has 1 amide bonds. The minimum absolute atomic E-state index is 0.0674. The first-order valence-electron chi connectivity index (χ1n) is 11.3. The topological polar surface area (TPSA) is 130 Å². The molecule has 1 N–H and O–H groups in total. The van der Waals surface area contributed by atoms with Crippen molar-refractivity contribution in [1.82, 2.24) is 10.2 Å². The second kappa shape index (κ2) is 11.2. The first kappa shape index (κ1) is 26.0. The van der Waals surface area contributed by atoms with Crippen molar-refractivity contribution >= 4 is 21.8 Å². The number of rotatable bonds is 11. The zero-order valence-electron chi connectivity index (χ0n) is 20.3. The first-order valence-corrected chi connectivity index (χ1v) is 12.8. The lowest BCUT2D eigenvalue weighted by Crippen LogP contribution is -2.13. The summed E-state index contributed by atoms with van der Waals surface area (Å²) in [4.78, 5) is 13.1. The molecule has 188 valence electrons. The van der Waals surface area contributed by atoms with Crippen molar-refractivity contribution in [3.63, 3.8) is 0 Å². The number of nitrogens with one attached hydrogen (secondary N) is 1. The minimum atomic E-state index is -3.47. The maximum Gasteiger partial charge on any atom is 0.322 e. The number of carbonyl (C=O) groups excluding carboxylic acids is 1. The minimum Gasteiger partial charge on any atom is -0.490 e. The van der Waals surface area contributed by atoms with Crippen molar-refractivity contribution in [3.05, 3.63) is 42.0 Å². The number of amides is 1. The van der Waals surface area contributed by atoms with Gasteiger partial charge in [0.1, 0.15) is 0 Å². The third-order valence-corrected chi connectivity index (χ3v) is 7.00. The summed E-state index contributed by atoms with van der Waals surface area (Å²) >= 11 is 0. The van der Waals surface area contributed by atoms with Gasteiger partial charge in [-0.25, -0.2) is 8.42 Å². The Morgan fingerprint density at radius 1 is 0.971 bits per heavy atom. The van der Waals surface area contributed by atoms with Gasteiger partial charge in [-0.05, 0) is 65.0 Å². The van der Waals surface area contributed by atoms with Gasteiger partial charge in [-0.15, -0.1) is 5.10 Å². The quantitative estimate of drug-likeness (QED) is 0.405. The Hall–Kier alpha value is -3.60. The van der Waals surface area contributed by atoms with Gasteiger partial charge in [0.05, 0.1) is 30.0 Å². The van der Waals surface area contributed by atoms with Gasteiger partial charge in [-0.3, -0.25) is 10.1 Å². The summed E-state index contributed by atoms with van der Waals surface area (Å²) in [6.07, 6.45) is 0. The van der Waals surface area contributed by atoms with Crippen LogP contribution in [0.25, 0.3) is 11.5 Å². The molecule has 0 aliphatic heterocycles. The van der Waals surface area contributed by atoms with Crippen LogP contribution in [0.3, 0.4) is 0 Å². The van der Waals surface area contributed by atoms with Gasteiger partial charge in [-0.2, -0.15) is 0 Å². The van der Waals surface area contributed by atoms with Crippen LogP contribution in [0.15, 0.2) is 45.7 Å². The molecule has 0 aliphatic rings. The van der Waals surface area contributed by atoms with Crippen LogP contribution in [-0.2, 0) is 9.84 Å². The summed E-state index contributed by atoms with van der Waals surface area (Å²) in [6.45, 7) is 9.84. The smallest absolute Gasteiger partial charge is 0.322 e. The Balaban J connectivity index is 1.87. The van der Waals surface area contributed by atoms with Gasteiger partial charge in [0, 0.05) is 11.1 Å². The average molecular weight is 504 g/mol. The zero-order valence-corrected chi connectivity index (χ0v) is 21.1. The molecule has 1 heterocycles. The summed E-state index contributed by atoms with van der Waals surface area (Å²) in [5.74, 6) is 0.711. The Morgan fingerprint density at radius 2 is 1.60 bits per heavy atom. The molecule has 11 heteroatoms. The maximum absolute atomic E-state index is 12.9. The Morgan fingerprint density at radius 3 is 2.17 bits per heavy atom. The van der Waals surface area contributed by atoms with Crippen LogP contribution in [0.1, 0.15) is 45.0 Å². The SMILES string of the molecule is CCOc1cc(C(=O)Nc2nnc(-c3cccc(S(=O)(=O)C(C)C)c3)o2)cc(OCC)c1OCC. The normalized spacial score (nSPS) is 11.4. The van der Waals surface area contributed by atoms with Crippen molar-refractivity contribution in [2.24, 2.45) is 0 Å². The molecule has 0 unspecified atom stereocenters. The zero-order chi connectivity index (χ0) is 25.6. The van der Waals surface area contributed by atoms with Crippen molar-refractivity contribution in [2.75, 3.05) is 25.1 Å². The van der Waals surface area contributed by atoms with Crippen molar-refractivity contribution in [2.45, 2.75) is 44.8 Å². The van der Waals surface area contributed by atoms with E-state index < -0.39 is 21.0 Å². The van der Waals surface area contributed by atoms with E-state index >= 15 is 0 Å². The van der Waals surface area contributed by atoms with Crippen molar-refractivity contribution in [1.29, 1.82) is 0 Å². The van der Waals surface area contributed by atoms with Gasteiger partial charge >= 0.3 is 6.01 Å². The highest BCUT2D eigenvalue weighted by molar-refractivity contribution is 7.92. The Bertz CT molecular complexity index is 1260.